The third-order valence-corrected chi connectivity index (χ3v) is 4.44. The lowest BCUT2D eigenvalue weighted by molar-refractivity contribution is 0.102. The number of carbonyl (C=O) groups is 1. The van der Waals surface area contributed by atoms with Gasteiger partial charge in [0, 0.05) is 18.7 Å². The van der Waals surface area contributed by atoms with E-state index in [1.807, 2.05) is 37.4 Å². The van der Waals surface area contributed by atoms with E-state index in [1.165, 1.54) is 0 Å². The fourth-order valence-corrected chi connectivity index (χ4v) is 3.27. The van der Waals surface area contributed by atoms with Crippen LogP contribution in [0.2, 0.25) is 0 Å². The molecule has 122 valence electrons. The molecule has 0 radical (unpaired) electrons. The molecule has 24 heavy (non-hydrogen) atoms. The molecule has 5 heteroatoms. The Morgan fingerprint density at radius 2 is 2.04 bits per heavy atom. The number of anilines is 1. The smallest absolute Gasteiger partial charge is 0.259 e. The number of aryl methyl sites for hydroxylation is 3. The molecule has 3 heterocycles. The van der Waals surface area contributed by atoms with Gasteiger partial charge in [-0.05, 0) is 44.0 Å². The van der Waals surface area contributed by atoms with Crippen LogP contribution in [0.5, 0.6) is 0 Å². The number of rotatable bonds is 3. The molecule has 0 unspecified atom stereocenters. The number of fused-ring (bicyclic) bond motifs is 1. The van der Waals surface area contributed by atoms with Crippen LogP contribution in [0.4, 0.5) is 5.69 Å². The number of benzene rings is 1. The molecule has 1 aliphatic heterocycles. The molecule has 0 saturated carbocycles. The van der Waals surface area contributed by atoms with E-state index in [1.54, 1.807) is 13.0 Å². The van der Waals surface area contributed by atoms with Crippen molar-refractivity contribution in [1.82, 2.24) is 9.55 Å². The van der Waals surface area contributed by atoms with Crippen molar-refractivity contribution in [3.8, 4) is 11.3 Å². The molecule has 1 N–H and O–H groups in total. The molecule has 0 bridgehead atoms. The predicted molar refractivity (Wildman–Crippen MR) is 92.1 cm³/mol. The van der Waals surface area contributed by atoms with Crippen LogP contribution in [0.25, 0.3) is 11.3 Å². The Kier molecular flexibility index (Phi) is 3.49. The maximum absolute atomic E-state index is 12.3. The molecule has 0 saturated heterocycles. The van der Waals surface area contributed by atoms with Crippen molar-refractivity contribution in [3.05, 3.63) is 59.4 Å². The molecule has 0 atom stereocenters. The van der Waals surface area contributed by atoms with E-state index in [0.29, 0.717) is 11.3 Å². The molecule has 0 fully saturated rings. The van der Waals surface area contributed by atoms with E-state index >= 15 is 0 Å². The molecule has 2 aromatic heterocycles. The van der Waals surface area contributed by atoms with Crippen LogP contribution in [-0.4, -0.2) is 15.5 Å². The first-order valence-electron chi connectivity index (χ1n) is 8.15. The van der Waals surface area contributed by atoms with E-state index < -0.39 is 0 Å². The van der Waals surface area contributed by atoms with Crippen LogP contribution >= 0.6 is 0 Å². The molecule has 4 rings (SSSR count). The summed E-state index contributed by atoms with van der Waals surface area (Å²) < 4.78 is 7.68. The highest BCUT2D eigenvalue weighted by atomic mass is 16.3. The summed E-state index contributed by atoms with van der Waals surface area (Å²) in [5.41, 5.74) is 3.60. The molecule has 1 aliphatic rings. The molecule has 1 amide bonds. The SMILES string of the molecule is Cc1cc(C(=O)Nc2ccc(-c3cnc4n3CCC4)cc2)c(C)o1. The number of imidazole rings is 1. The monoisotopic (exact) mass is 321 g/mol. The fraction of sp³-hybridized carbons (Fsp3) is 0.263. The standard InChI is InChI=1S/C19H19N3O2/c1-12-10-16(13(2)24-12)19(23)21-15-7-5-14(6-8-15)17-11-20-18-4-3-9-22(17)18/h5-8,10-11H,3-4,9H2,1-2H3,(H,21,23). The summed E-state index contributed by atoms with van der Waals surface area (Å²) in [4.78, 5) is 16.8. The molecule has 3 aromatic rings. The van der Waals surface area contributed by atoms with Crippen LogP contribution in [0.3, 0.4) is 0 Å². The van der Waals surface area contributed by atoms with Gasteiger partial charge in [-0.2, -0.15) is 0 Å². The minimum absolute atomic E-state index is 0.151. The highest BCUT2D eigenvalue weighted by Gasteiger charge is 2.17. The van der Waals surface area contributed by atoms with E-state index in [0.717, 1.165) is 47.9 Å². The Labute approximate surface area is 140 Å². The lowest BCUT2D eigenvalue weighted by atomic mass is 10.1. The summed E-state index contributed by atoms with van der Waals surface area (Å²) in [6, 6.07) is 9.64. The topological polar surface area (TPSA) is 60.1 Å². The quantitative estimate of drug-likeness (QED) is 0.794. The van der Waals surface area contributed by atoms with Gasteiger partial charge in [0.05, 0.1) is 17.5 Å². The Morgan fingerprint density at radius 1 is 1.25 bits per heavy atom. The number of nitrogens with one attached hydrogen (secondary N) is 1. The third kappa shape index (κ3) is 2.52. The highest BCUT2D eigenvalue weighted by molar-refractivity contribution is 6.05. The van der Waals surface area contributed by atoms with Crippen molar-refractivity contribution < 1.29 is 9.21 Å². The zero-order valence-electron chi connectivity index (χ0n) is 13.8. The number of hydrogen-bond acceptors (Lipinski definition) is 3. The predicted octanol–water partition coefficient (Wildman–Crippen LogP) is 3.96. The molecular weight excluding hydrogens is 302 g/mol. The number of nitrogens with zero attached hydrogens (tertiary/aromatic N) is 2. The molecule has 0 spiro atoms. The zero-order chi connectivity index (χ0) is 16.7. The van der Waals surface area contributed by atoms with Crippen molar-refractivity contribution in [1.29, 1.82) is 0 Å². The van der Waals surface area contributed by atoms with E-state index in [2.05, 4.69) is 14.9 Å². The van der Waals surface area contributed by atoms with Crippen molar-refractivity contribution in [2.24, 2.45) is 0 Å². The number of carbonyl (C=O) groups excluding carboxylic acids is 1. The fourth-order valence-electron chi connectivity index (χ4n) is 3.27. The van der Waals surface area contributed by atoms with Crippen molar-refractivity contribution in [3.63, 3.8) is 0 Å². The average molecular weight is 321 g/mol. The maximum atomic E-state index is 12.3. The number of aromatic nitrogens is 2. The van der Waals surface area contributed by atoms with E-state index in [9.17, 15) is 4.79 Å². The van der Waals surface area contributed by atoms with Gasteiger partial charge >= 0.3 is 0 Å². The minimum Gasteiger partial charge on any atom is -0.466 e. The number of hydrogen-bond donors (Lipinski definition) is 1. The average Bonchev–Trinajstić information content (AvgIpc) is 3.23. The summed E-state index contributed by atoms with van der Waals surface area (Å²) in [7, 11) is 0. The van der Waals surface area contributed by atoms with Gasteiger partial charge in [0.1, 0.15) is 17.3 Å². The van der Waals surface area contributed by atoms with Crippen LogP contribution in [0.1, 0.15) is 34.1 Å². The maximum Gasteiger partial charge on any atom is 0.259 e. The summed E-state index contributed by atoms with van der Waals surface area (Å²) in [6.07, 6.45) is 4.14. The number of furan rings is 1. The van der Waals surface area contributed by atoms with Gasteiger partial charge in [-0.3, -0.25) is 4.79 Å². The van der Waals surface area contributed by atoms with Crippen LogP contribution < -0.4 is 5.32 Å². The van der Waals surface area contributed by atoms with Gasteiger partial charge in [0.25, 0.3) is 5.91 Å². The first-order chi connectivity index (χ1) is 11.6. The molecule has 5 nitrogen and oxygen atoms in total. The zero-order valence-corrected chi connectivity index (χ0v) is 13.8. The second kappa shape index (κ2) is 5.67. The second-order valence-electron chi connectivity index (χ2n) is 6.17. The van der Waals surface area contributed by atoms with Crippen molar-refractivity contribution in [2.45, 2.75) is 33.2 Å². The Morgan fingerprint density at radius 3 is 2.75 bits per heavy atom. The van der Waals surface area contributed by atoms with Gasteiger partial charge in [-0.25, -0.2) is 4.98 Å². The minimum atomic E-state index is -0.151. The summed E-state index contributed by atoms with van der Waals surface area (Å²) in [6.45, 7) is 4.66. The van der Waals surface area contributed by atoms with Crippen LogP contribution in [-0.2, 0) is 13.0 Å². The largest absolute Gasteiger partial charge is 0.466 e. The third-order valence-electron chi connectivity index (χ3n) is 4.44. The second-order valence-corrected chi connectivity index (χ2v) is 6.17. The van der Waals surface area contributed by atoms with E-state index in [4.69, 9.17) is 4.42 Å². The molecule has 1 aromatic carbocycles. The number of amides is 1. The first-order valence-corrected chi connectivity index (χ1v) is 8.15. The molecule has 0 aliphatic carbocycles. The molecular formula is C19H19N3O2. The normalized spacial score (nSPS) is 13.1. The Balaban J connectivity index is 1.54. The van der Waals surface area contributed by atoms with Crippen LogP contribution in [0.15, 0.2) is 40.9 Å². The first kappa shape index (κ1) is 14.8. The van der Waals surface area contributed by atoms with Gasteiger partial charge in [-0.1, -0.05) is 12.1 Å². The van der Waals surface area contributed by atoms with Gasteiger partial charge in [-0.15, -0.1) is 0 Å². The van der Waals surface area contributed by atoms with Gasteiger partial charge < -0.3 is 14.3 Å². The van der Waals surface area contributed by atoms with Crippen LogP contribution in [0, 0.1) is 13.8 Å². The van der Waals surface area contributed by atoms with E-state index in [-0.39, 0.29) is 5.91 Å². The highest BCUT2D eigenvalue weighted by Crippen LogP contribution is 2.26. The Hall–Kier alpha value is -2.82. The summed E-state index contributed by atoms with van der Waals surface area (Å²) in [5, 5.41) is 2.92. The summed E-state index contributed by atoms with van der Waals surface area (Å²) >= 11 is 0. The summed E-state index contributed by atoms with van der Waals surface area (Å²) in [5.74, 6) is 2.38. The lowest BCUT2D eigenvalue weighted by Gasteiger charge is -2.08. The van der Waals surface area contributed by atoms with Crippen molar-refractivity contribution >= 4 is 11.6 Å². The van der Waals surface area contributed by atoms with Gasteiger partial charge in [0.2, 0.25) is 0 Å². The lowest BCUT2D eigenvalue weighted by Crippen LogP contribution is -2.12. The van der Waals surface area contributed by atoms with Crippen molar-refractivity contribution in [2.75, 3.05) is 5.32 Å². The van der Waals surface area contributed by atoms with Gasteiger partial charge in [0.15, 0.2) is 0 Å². The Bertz CT molecular complexity index is 903.